The summed E-state index contributed by atoms with van der Waals surface area (Å²) in [5.74, 6) is 0. The van der Waals surface area contributed by atoms with E-state index in [9.17, 15) is 16.8 Å². The minimum absolute atomic E-state index is 0.0453. The Hall–Kier alpha value is -0.960. The Bertz CT molecular complexity index is 698. The first-order valence-electron chi connectivity index (χ1n) is 6.25. The Morgan fingerprint density at radius 3 is 2.30 bits per heavy atom. The van der Waals surface area contributed by atoms with Crippen molar-refractivity contribution >= 4 is 19.9 Å². The summed E-state index contributed by atoms with van der Waals surface area (Å²) in [5.41, 5.74) is 0. The van der Waals surface area contributed by atoms with Crippen molar-refractivity contribution < 1.29 is 16.8 Å². The molecule has 1 N–H and O–H groups in total. The molecule has 1 fully saturated rings. The molecule has 8 heteroatoms. The maximum Gasteiger partial charge on any atom is 0.244 e. The van der Waals surface area contributed by atoms with Crippen LogP contribution in [0.2, 0.25) is 0 Å². The topological polar surface area (TPSA) is 83.6 Å². The van der Waals surface area contributed by atoms with Crippen LogP contribution < -0.4 is 5.32 Å². The van der Waals surface area contributed by atoms with Crippen LogP contribution in [0.3, 0.4) is 0 Å². The van der Waals surface area contributed by atoms with Crippen LogP contribution >= 0.6 is 0 Å². The molecule has 1 heterocycles. The molecule has 0 amide bonds. The van der Waals surface area contributed by atoms with Crippen LogP contribution in [0.15, 0.2) is 34.1 Å². The van der Waals surface area contributed by atoms with E-state index in [4.69, 9.17) is 0 Å². The number of nitrogens with zero attached hydrogens (tertiary/aromatic N) is 1. The molecule has 0 saturated carbocycles. The standard InChI is InChI=1S/C12H18N2O4S2/c1-10-9-14(8-7-13-10)20(17,18)12-6-4-3-5-11(12)19(2,15)16/h3-6,10,13H,7-9H2,1-2H3/t10-/m0/s1. The van der Waals surface area contributed by atoms with Gasteiger partial charge in [0.1, 0.15) is 4.90 Å². The van der Waals surface area contributed by atoms with E-state index < -0.39 is 19.9 Å². The van der Waals surface area contributed by atoms with Crippen molar-refractivity contribution in [3.8, 4) is 0 Å². The molecule has 1 aromatic carbocycles. The highest BCUT2D eigenvalue weighted by Gasteiger charge is 2.32. The number of nitrogens with one attached hydrogen (secondary N) is 1. The summed E-state index contributed by atoms with van der Waals surface area (Å²) in [6.45, 7) is 3.12. The quantitative estimate of drug-likeness (QED) is 0.853. The van der Waals surface area contributed by atoms with E-state index in [1.54, 1.807) is 0 Å². The van der Waals surface area contributed by atoms with Crippen molar-refractivity contribution in [2.24, 2.45) is 0 Å². The van der Waals surface area contributed by atoms with Gasteiger partial charge in [-0.2, -0.15) is 4.31 Å². The Morgan fingerprint density at radius 2 is 1.75 bits per heavy atom. The number of sulfonamides is 1. The molecular weight excluding hydrogens is 300 g/mol. The zero-order valence-corrected chi connectivity index (χ0v) is 13.0. The summed E-state index contributed by atoms with van der Waals surface area (Å²) in [4.78, 5) is -0.289. The van der Waals surface area contributed by atoms with Crippen LogP contribution in [0.4, 0.5) is 0 Å². The van der Waals surface area contributed by atoms with Crippen molar-refractivity contribution in [3.05, 3.63) is 24.3 Å². The number of hydrogen-bond acceptors (Lipinski definition) is 5. The lowest BCUT2D eigenvalue weighted by molar-refractivity contribution is 0.309. The molecule has 1 aliphatic heterocycles. The third-order valence-electron chi connectivity index (χ3n) is 3.20. The van der Waals surface area contributed by atoms with Gasteiger partial charge in [-0.25, -0.2) is 16.8 Å². The minimum Gasteiger partial charge on any atom is -0.312 e. The van der Waals surface area contributed by atoms with E-state index in [1.165, 1.54) is 28.6 Å². The maximum atomic E-state index is 12.6. The van der Waals surface area contributed by atoms with E-state index in [0.29, 0.717) is 19.6 Å². The maximum absolute atomic E-state index is 12.6. The van der Waals surface area contributed by atoms with Crippen LogP contribution in [0.1, 0.15) is 6.92 Å². The van der Waals surface area contributed by atoms with Crippen molar-refractivity contribution in [1.29, 1.82) is 0 Å². The lowest BCUT2D eigenvalue weighted by Crippen LogP contribution is -2.51. The molecule has 0 aromatic heterocycles. The number of sulfone groups is 1. The molecule has 0 aliphatic carbocycles. The summed E-state index contributed by atoms with van der Waals surface area (Å²) in [6.07, 6.45) is 1.02. The molecule has 20 heavy (non-hydrogen) atoms. The van der Waals surface area contributed by atoms with Crippen molar-refractivity contribution in [2.45, 2.75) is 22.8 Å². The van der Waals surface area contributed by atoms with Crippen LogP contribution in [-0.2, 0) is 19.9 Å². The Kier molecular flexibility index (Phi) is 4.19. The third kappa shape index (κ3) is 3.03. The molecule has 6 nitrogen and oxygen atoms in total. The first-order valence-corrected chi connectivity index (χ1v) is 9.58. The molecule has 0 bridgehead atoms. The molecule has 1 aliphatic rings. The SMILES string of the molecule is C[C@H]1CN(S(=O)(=O)c2ccccc2S(C)(=O)=O)CCN1. The number of benzene rings is 1. The average molecular weight is 318 g/mol. The third-order valence-corrected chi connectivity index (χ3v) is 6.41. The summed E-state index contributed by atoms with van der Waals surface area (Å²) >= 11 is 0. The van der Waals surface area contributed by atoms with E-state index in [2.05, 4.69) is 5.32 Å². The van der Waals surface area contributed by atoms with Gasteiger partial charge in [0.05, 0.1) is 4.90 Å². The number of hydrogen-bond donors (Lipinski definition) is 1. The summed E-state index contributed by atoms with van der Waals surface area (Å²) in [6, 6.07) is 5.78. The largest absolute Gasteiger partial charge is 0.312 e. The van der Waals surface area contributed by atoms with Crippen LogP contribution in [-0.4, -0.2) is 53.1 Å². The Labute approximate surface area is 119 Å². The highest BCUT2D eigenvalue weighted by Crippen LogP contribution is 2.24. The van der Waals surface area contributed by atoms with Crippen LogP contribution in [0.25, 0.3) is 0 Å². The van der Waals surface area contributed by atoms with Gasteiger partial charge in [-0.15, -0.1) is 0 Å². The van der Waals surface area contributed by atoms with Crippen molar-refractivity contribution in [1.82, 2.24) is 9.62 Å². The van der Waals surface area contributed by atoms with Crippen LogP contribution in [0, 0.1) is 0 Å². The smallest absolute Gasteiger partial charge is 0.244 e. The lowest BCUT2D eigenvalue weighted by Gasteiger charge is -2.31. The van der Waals surface area contributed by atoms with E-state index in [1.807, 2.05) is 6.92 Å². The molecule has 1 saturated heterocycles. The minimum atomic E-state index is -3.79. The monoisotopic (exact) mass is 318 g/mol. The highest BCUT2D eigenvalue weighted by atomic mass is 32.2. The fourth-order valence-corrected chi connectivity index (χ4v) is 5.36. The fraction of sp³-hybridized carbons (Fsp3) is 0.500. The molecule has 1 atom stereocenters. The summed E-state index contributed by atoms with van der Waals surface area (Å²) < 4.78 is 50.1. The van der Waals surface area contributed by atoms with E-state index in [-0.39, 0.29) is 15.8 Å². The molecule has 0 radical (unpaired) electrons. The van der Waals surface area contributed by atoms with Gasteiger partial charge in [-0.3, -0.25) is 0 Å². The molecule has 0 spiro atoms. The molecule has 112 valence electrons. The van der Waals surface area contributed by atoms with Gasteiger partial charge in [-0.1, -0.05) is 12.1 Å². The second kappa shape index (κ2) is 5.44. The predicted molar refractivity (Wildman–Crippen MR) is 75.8 cm³/mol. The van der Waals surface area contributed by atoms with Crippen molar-refractivity contribution in [3.63, 3.8) is 0 Å². The highest BCUT2D eigenvalue weighted by molar-refractivity contribution is 7.93. The second-order valence-electron chi connectivity index (χ2n) is 4.94. The molecule has 2 rings (SSSR count). The second-order valence-corrected chi connectivity index (χ2v) is 8.83. The normalized spacial score (nSPS) is 21.8. The fourth-order valence-electron chi connectivity index (χ4n) is 2.22. The van der Waals surface area contributed by atoms with Gasteiger partial charge in [0, 0.05) is 31.9 Å². The average Bonchev–Trinajstić information content (AvgIpc) is 2.38. The van der Waals surface area contributed by atoms with Gasteiger partial charge in [-0.05, 0) is 19.1 Å². The lowest BCUT2D eigenvalue weighted by atomic mass is 10.3. The summed E-state index contributed by atoms with van der Waals surface area (Å²) in [5, 5.41) is 3.16. The van der Waals surface area contributed by atoms with Gasteiger partial charge < -0.3 is 5.32 Å². The molecular formula is C12H18N2O4S2. The first kappa shape index (κ1) is 15.4. The van der Waals surface area contributed by atoms with Crippen molar-refractivity contribution in [2.75, 3.05) is 25.9 Å². The Morgan fingerprint density at radius 1 is 1.15 bits per heavy atom. The van der Waals surface area contributed by atoms with Gasteiger partial charge in [0.15, 0.2) is 9.84 Å². The Balaban J connectivity index is 2.50. The zero-order valence-electron chi connectivity index (χ0n) is 11.4. The van der Waals surface area contributed by atoms with Gasteiger partial charge >= 0.3 is 0 Å². The van der Waals surface area contributed by atoms with Gasteiger partial charge in [0.25, 0.3) is 0 Å². The van der Waals surface area contributed by atoms with E-state index in [0.717, 1.165) is 6.26 Å². The molecule has 0 unspecified atom stereocenters. The summed E-state index contributed by atoms with van der Waals surface area (Å²) in [7, 11) is -7.38. The van der Waals surface area contributed by atoms with E-state index >= 15 is 0 Å². The van der Waals surface area contributed by atoms with Gasteiger partial charge in [0.2, 0.25) is 10.0 Å². The zero-order chi connectivity index (χ0) is 15.0. The van der Waals surface area contributed by atoms with Crippen LogP contribution in [0.5, 0.6) is 0 Å². The first-order chi connectivity index (χ1) is 9.23. The number of rotatable bonds is 3. The molecule has 1 aromatic rings. The predicted octanol–water partition coefficient (Wildman–Crippen LogP) is 0.0725. The number of piperazine rings is 1.